The van der Waals surface area contributed by atoms with E-state index in [1.54, 1.807) is 18.2 Å². The highest BCUT2D eigenvalue weighted by atomic mass is 35.5. The molecule has 6 heteroatoms. The van der Waals surface area contributed by atoms with Crippen LogP contribution in [0.1, 0.15) is 0 Å². The molecule has 0 heterocycles. The van der Waals surface area contributed by atoms with E-state index in [1.807, 2.05) is 5.43 Å². The first-order chi connectivity index (χ1) is 6.63. The topological polar surface area (TPSA) is 81.1 Å². The van der Waals surface area contributed by atoms with Gasteiger partial charge in [-0.2, -0.15) is 0 Å². The molecule has 0 bridgehead atoms. The van der Waals surface area contributed by atoms with Gasteiger partial charge in [0.1, 0.15) is 0 Å². The van der Waals surface area contributed by atoms with E-state index in [-0.39, 0.29) is 11.7 Å². The first kappa shape index (κ1) is 11.2. The minimum absolute atomic E-state index is 0.238. The molecule has 0 fully saturated rings. The Bertz CT molecular complexity index is 345. The maximum absolute atomic E-state index is 10.8. The number of amides is 1. The average Bonchev–Trinajstić information content (AvgIpc) is 2.16. The van der Waals surface area contributed by atoms with E-state index < -0.39 is 0 Å². The van der Waals surface area contributed by atoms with Crippen LogP contribution in [0.25, 0.3) is 0 Å². The van der Waals surface area contributed by atoms with Gasteiger partial charge in [0.15, 0.2) is 0 Å². The quantitative estimate of drug-likeness (QED) is 0.238. The van der Waals surface area contributed by atoms with Crippen molar-refractivity contribution in [3.63, 3.8) is 0 Å². The van der Waals surface area contributed by atoms with Gasteiger partial charge in [-0.3, -0.25) is 10.2 Å². The fraction of sp³-hybridized carbons (Fsp3) is 0.125. The van der Waals surface area contributed by atoms with Crippen LogP contribution in [-0.2, 0) is 4.79 Å². The number of nitrogen functional groups attached to an aromatic ring is 1. The van der Waals surface area contributed by atoms with Crippen LogP contribution in [0.15, 0.2) is 23.1 Å². The van der Waals surface area contributed by atoms with E-state index in [2.05, 4.69) is 0 Å². The molecule has 0 radical (unpaired) electrons. The number of hydrazine groups is 1. The van der Waals surface area contributed by atoms with Crippen molar-refractivity contribution in [1.82, 2.24) is 5.43 Å². The van der Waals surface area contributed by atoms with Gasteiger partial charge in [-0.05, 0) is 18.2 Å². The number of benzene rings is 1. The Hall–Kier alpha value is -0.910. The SMILES string of the molecule is NNC(=O)CSc1ccc(Cl)cc1N. The summed E-state index contributed by atoms with van der Waals surface area (Å²) in [4.78, 5) is 11.7. The summed E-state index contributed by atoms with van der Waals surface area (Å²) >= 11 is 7.03. The second-order valence-electron chi connectivity index (χ2n) is 2.54. The van der Waals surface area contributed by atoms with Crippen molar-refractivity contribution in [2.45, 2.75) is 4.90 Å². The summed E-state index contributed by atoms with van der Waals surface area (Å²) in [7, 11) is 0. The number of thioether (sulfide) groups is 1. The van der Waals surface area contributed by atoms with Crippen molar-refractivity contribution >= 4 is 35.0 Å². The lowest BCUT2D eigenvalue weighted by atomic mass is 10.3. The van der Waals surface area contributed by atoms with Gasteiger partial charge in [-0.25, -0.2) is 5.84 Å². The second kappa shape index (κ2) is 5.09. The van der Waals surface area contributed by atoms with Gasteiger partial charge >= 0.3 is 0 Å². The van der Waals surface area contributed by atoms with Gasteiger partial charge in [0, 0.05) is 15.6 Å². The number of hydrogen-bond acceptors (Lipinski definition) is 4. The van der Waals surface area contributed by atoms with Crippen molar-refractivity contribution in [3.05, 3.63) is 23.2 Å². The fourth-order valence-corrected chi connectivity index (χ4v) is 1.78. The Kier molecular flexibility index (Phi) is 4.06. The van der Waals surface area contributed by atoms with Crippen LogP contribution in [0.4, 0.5) is 5.69 Å². The minimum Gasteiger partial charge on any atom is -0.398 e. The molecule has 0 unspecified atom stereocenters. The van der Waals surface area contributed by atoms with Gasteiger partial charge in [0.25, 0.3) is 0 Å². The molecule has 1 rings (SSSR count). The summed E-state index contributed by atoms with van der Waals surface area (Å²) in [5.74, 6) is 4.93. The Morgan fingerprint density at radius 1 is 1.57 bits per heavy atom. The Morgan fingerprint density at radius 3 is 2.86 bits per heavy atom. The summed E-state index contributed by atoms with van der Waals surface area (Å²) < 4.78 is 0. The first-order valence-corrected chi connectivity index (χ1v) is 5.17. The van der Waals surface area contributed by atoms with E-state index in [1.165, 1.54) is 11.8 Å². The molecule has 0 spiro atoms. The van der Waals surface area contributed by atoms with Gasteiger partial charge in [0.2, 0.25) is 5.91 Å². The van der Waals surface area contributed by atoms with E-state index in [0.29, 0.717) is 10.7 Å². The van der Waals surface area contributed by atoms with Crippen molar-refractivity contribution in [2.75, 3.05) is 11.5 Å². The van der Waals surface area contributed by atoms with Gasteiger partial charge in [-0.1, -0.05) is 11.6 Å². The molecule has 0 atom stereocenters. The van der Waals surface area contributed by atoms with Crippen LogP contribution in [0.3, 0.4) is 0 Å². The number of carbonyl (C=O) groups excluding carboxylic acids is 1. The van der Waals surface area contributed by atoms with Crippen LogP contribution in [0.2, 0.25) is 5.02 Å². The summed E-state index contributed by atoms with van der Waals surface area (Å²) in [5, 5.41) is 0.579. The van der Waals surface area contributed by atoms with E-state index >= 15 is 0 Å². The highest BCUT2D eigenvalue weighted by Gasteiger charge is 2.03. The summed E-state index contributed by atoms with van der Waals surface area (Å²) in [5.41, 5.74) is 8.28. The number of rotatable bonds is 3. The summed E-state index contributed by atoms with van der Waals surface area (Å²) in [6, 6.07) is 5.14. The third-order valence-electron chi connectivity index (χ3n) is 1.49. The molecule has 1 aromatic carbocycles. The molecule has 0 saturated carbocycles. The molecule has 0 aliphatic rings. The smallest absolute Gasteiger partial charge is 0.244 e. The lowest BCUT2D eigenvalue weighted by Gasteiger charge is -2.04. The Balaban J connectivity index is 2.63. The maximum Gasteiger partial charge on any atom is 0.244 e. The molecular weight excluding hydrogens is 222 g/mol. The fourth-order valence-electron chi connectivity index (χ4n) is 0.836. The molecule has 76 valence electrons. The highest BCUT2D eigenvalue weighted by molar-refractivity contribution is 8.00. The highest BCUT2D eigenvalue weighted by Crippen LogP contribution is 2.27. The van der Waals surface area contributed by atoms with Crippen molar-refractivity contribution in [3.8, 4) is 0 Å². The summed E-state index contributed by atoms with van der Waals surface area (Å²) in [6.45, 7) is 0. The molecule has 0 aliphatic heterocycles. The Labute approximate surface area is 90.9 Å². The molecule has 0 saturated heterocycles. The molecule has 0 aliphatic carbocycles. The largest absolute Gasteiger partial charge is 0.398 e. The number of nitrogens with one attached hydrogen (secondary N) is 1. The van der Waals surface area contributed by atoms with Crippen molar-refractivity contribution in [1.29, 1.82) is 0 Å². The number of anilines is 1. The van der Waals surface area contributed by atoms with Crippen LogP contribution >= 0.6 is 23.4 Å². The minimum atomic E-state index is -0.246. The lowest BCUT2D eigenvalue weighted by molar-refractivity contribution is -0.118. The number of carbonyl (C=O) groups is 1. The van der Waals surface area contributed by atoms with E-state index in [0.717, 1.165) is 4.90 Å². The van der Waals surface area contributed by atoms with Gasteiger partial charge in [-0.15, -0.1) is 11.8 Å². The summed E-state index contributed by atoms with van der Waals surface area (Å²) in [6.07, 6.45) is 0. The molecule has 4 nitrogen and oxygen atoms in total. The second-order valence-corrected chi connectivity index (χ2v) is 3.99. The predicted octanol–water partition coefficient (Wildman–Crippen LogP) is 1.00. The van der Waals surface area contributed by atoms with E-state index in [9.17, 15) is 4.79 Å². The van der Waals surface area contributed by atoms with Crippen LogP contribution < -0.4 is 17.0 Å². The third kappa shape index (κ3) is 3.10. The zero-order valence-corrected chi connectivity index (χ0v) is 8.86. The average molecular weight is 232 g/mol. The number of hydrogen-bond donors (Lipinski definition) is 3. The Morgan fingerprint density at radius 2 is 2.29 bits per heavy atom. The maximum atomic E-state index is 10.8. The van der Waals surface area contributed by atoms with Crippen LogP contribution in [-0.4, -0.2) is 11.7 Å². The van der Waals surface area contributed by atoms with Crippen LogP contribution in [0, 0.1) is 0 Å². The third-order valence-corrected chi connectivity index (χ3v) is 2.82. The first-order valence-electron chi connectivity index (χ1n) is 3.80. The van der Waals surface area contributed by atoms with Gasteiger partial charge < -0.3 is 5.73 Å². The predicted molar refractivity (Wildman–Crippen MR) is 58.9 cm³/mol. The lowest BCUT2D eigenvalue weighted by Crippen LogP contribution is -2.31. The normalized spacial score (nSPS) is 9.86. The zero-order valence-electron chi connectivity index (χ0n) is 7.29. The number of halogens is 1. The molecule has 14 heavy (non-hydrogen) atoms. The molecule has 0 aromatic heterocycles. The van der Waals surface area contributed by atoms with Gasteiger partial charge in [0.05, 0.1) is 5.75 Å². The molecular formula is C8H10ClN3OS. The van der Waals surface area contributed by atoms with Crippen molar-refractivity contribution in [2.24, 2.45) is 5.84 Å². The van der Waals surface area contributed by atoms with Crippen LogP contribution in [0.5, 0.6) is 0 Å². The molecule has 1 aromatic rings. The molecule has 1 amide bonds. The molecule has 5 N–H and O–H groups in total. The number of nitrogens with two attached hydrogens (primary N) is 2. The zero-order chi connectivity index (χ0) is 10.6. The van der Waals surface area contributed by atoms with Crippen molar-refractivity contribution < 1.29 is 4.79 Å². The van der Waals surface area contributed by atoms with E-state index in [4.69, 9.17) is 23.2 Å². The standard InChI is InChI=1S/C8H10ClN3OS/c9-5-1-2-7(6(10)3-5)14-4-8(13)12-11/h1-3H,4,10-11H2,(H,12,13). The monoisotopic (exact) mass is 231 g/mol.